The topological polar surface area (TPSA) is 44.8 Å². The molecule has 5 heteroatoms. The van der Waals surface area contributed by atoms with E-state index < -0.39 is 8.32 Å². The van der Waals surface area contributed by atoms with Gasteiger partial charge in [-0.05, 0) is 307 Å². The van der Waals surface area contributed by atoms with Crippen LogP contribution in [-0.2, 0) is 73.8 Å². The summed E-state index contributed by atoms with van der Waals surface area (Å²) in [6.07, 6.45) is 46.1. The summed E-state index contributed by atoms with van der Waals surface area (Å²) in [6, 6.07) is 79.8. The second kappa shape index (κ2) is 54.5. The quantitative estimate of drug-likeness (QED) is 0.0165. The molecule has 14 aromatic carbocycles. The zero-order valence-corrected chi connectivity index (χ0v) is 96.9. The lowest BCUT2D eigenvalue weighted by Crippen LogP contribution is -2.40. The monoisotopic (exact) mass is 1990 g/mol. The molecule has 0 saturated heterocycles. The molecular weight excluding hydrogens is 1800 g/mol. The molecule has 0 aliphatic heterocycles. The number of hydrogen-bond acceptors (Lipinski definition) is 4. The van der Waals surface area contributed by atoms with E-state index in [1.165, 1.54) is 285 Å². The fourth-order valence-corrected chi connectivity index (χ4v) is 25.8. The molecule has 0 amide bonds. The Morgan fingerprint density at radius 2 is 0.490 bits per heavy atom. The highest BCUT2D eigenvalue weighted by Crippen LogP contribution is 2.55. The van der Waals surface area contributed by atoms with Gasteiger partial charge < -0.3 is 13.9 Å². The number of carbonyl (C=O) groups excluding carboxylic acids is 1. The molecule has 0 aromatic heterocycles. The van der Waals surface area contributed by atoms with Crippen LogP contribution in [0, 0.1) is 47.3 Å². The van der Waals surface area contributed by atoms with E-state index in [1.807, 2.05) is 0 Å². The van der Waals surface area contributed by atoms with Gasteiger partial charge in [0.1, 0.15) is 18.1 Å². The van der Waals surface area contributed by atoms with Crippen LogP contribution >= 0.6 is 0 Å². The molecule has 4 nitrogen and oxygen atoms in total. The van der Waals surface area contributed by atoms with E-state index in [-0.39, 0.29) is 17.6 Å². The molecule has 8 unspecified atom stereocenters. The zero-order valence-electron chi connectivity index (χ0n) is 95.9. The largest absolute Gasteiger partial charge is 0.488 e. The smallest absolute Gasteiger partial charge is 0.308 e. The Bertz CT molecular complexity index is 6320. The Morgan fingerprint density at radius 1 is 0.259 bits per heavy atom. The van der Waals surface area contributed by atoms with Crippen LogP contribution in [0.5, 0.6) is 11.5 Å². The molecule has 786 valence electrons. The third-order valence-corrected chi connectivity index (χ3v) is 40.0. The van der Waals surface area contributed by atoms with Crippen LogP contribution in [-0.4, -0.2) is 14.3 Å². The molecule has 0 fully saturated rings. The van der Waals surface area contributed by atoms with E-state index in [0.717, 1.165) is 164 Å². The molecule has 14 rings (SSSR count). The predicted octanol–water partition coefficient (Wildman–Crippen LogP) is 43.7. The third-order valence-electron chi connectivity index (χ3n) is 35.5. The minimum absolute atomic E-state index is 0.0594. The first-order valence-corrected chi connectivity index (χ1v) is 63.0. The number of fused-ring (bicyclic) bond motifs is 8. The van der Waals surface area contributed by atoms with Crippen LogP contribution in [0.1, 0.15) is 400 Å². The summed E-state index contributed by atoms with van der Waals surface area (Å²) in [6.45, 7) is 52.5. The van der Waals surface area contributed by atoms with Crippen molar-refractivity contribution in [2.75, 3.05) is 0 Å². The standard InChI is InChI=1S/C142H190O4Si/c1-23-39-51-98(31-9)75-106-67-71-120-116(83-106)91-128-112(79-102(35-13)55-43-27-5)59-47-63-124(128)136(120)132-89-111(96-145-147(21,22)142(18,19)20)90-133(137-121-72-68-107(76-99(32-10)52-40-24-2)84-117(121)92-129-113(60-48-64-125(129)137)80-103(36-14)56-44-28-6)140(132)144-95-110-87-134(138-122-73-69-108(77-100(33-11)53-41-25-3)85-118(122)93-130-114(61-49-65-126(130)138)81-104(37-15)57-45-29-7)141(146-97(17)143)135(88-110)139-123-74-70-109(78-101(34-12)54-42-26-4)86-119(123)94-131-115(62-50-66-127(131)139)82-105(38-16)58-46-30-8/h47-50,59-74,83-94,98-105H,23-46,51-58,75-82,95-96H2,1-22H3. The van der Waals surface area contributed by atoms with Crippen LogP contribution in [0.4, 0.5) is 0 Å². The number of unbranched alkanes of at least 4 members (excludes halogenated alkanes) is 8. The van der Waals surface area contributed by atoms with Crippen molar-refractivity contribution in [2.24, 2.45) is 47.3 Å². The molecule has 0 aliphatic carbocycles. The molecule has 14 aromatic rings. The normalized spacial score (nSPS) is 13.9. The summed E-state index contributed by atoms with van der Waals surface area (Å²) < 4.78 is 24.2. The molecule has 0 N–H and O–H groups in total. The van der Waals surface area contributed by atoms with E-state index in [0.29, 0.717) is 59.7 Å². The molecule has 0 spiro atoms. The van der Waals surface area contributed by atoms with Crippen LogP contribution in [0.3, 0.4) is 0 Å². The molecular formula is C142H190O4Si. The van der Waals surface area contributed by atoms with E-state index in [1.54, 1.807) is 6.92 Å². The summed E-state index contributed by atoms with van der Waals surface area (Å²) in [5.41, 5.74) is 21.9. The second-order valence-corrected chi connectivity index (χ2v) is 52.0. The van der Waals surface area contributed by atoms with Gasteiger partial charge in [-0.2, -0.15) is 0 Å². The van der Waals surface area contributed by atoms with Crippen LogP contribution in [0.15, 0.2) is 194 Å². The lowest BCUT2D eigenvalue weighted by Gasteiger charge is -2.36. The van der Waals surface area contributed by atoms with Crippen molar-refractivity contribution in [1.29, 1.82) is 0 Å². The second-order valence-electron chi connectivity index (χ2n) is 47.2. The van der Waals surface area contributed by atoms with Gasteiger partial charge in [0.2, 0.25) is 0 Å². The average molecular weight is 1990 g/mol. The van der Waals surface area contributed by atoms with Crippen molar-refractivity contribution in [1.82, 2.24) is 0 Å². The zero-order chi connectivity index (χ0) is 104. The average Bonchev–Trinajstić information content (AvgIpc) is 0.716. The van der Waals surface area contributed by atoms with E-state index in [2.05, 4.69) is 339 Å². The lowest BCUT2D eigenvalue weighted by molar-refractivity contribution is -0.131. The van der Waals surface area contributed by atoms with Crippen molar-refractivity contribution >= 4 is 100 Å². The number of hydrogen-bond donors (Lipinski definition) is 0. The third kappa shape index (κ3) is 27.8. The van der Waals surface area contributed by atoms with Gasteiger partial charge in [-0.1, -0.05) is 483 Å². The number of esters is 1. The van der Waals surface area contributed by atoms with Crippen molar-refractivity contribution in [2.45, 2.75) is 427 Å². The van der Waals surface area contributed by atoms with E-state index in [4.69, 9.17) is 13.9 Å². The van der Waals surface area contributed by atoms with Crippen LogP contribution in [0.2, 0.25) is 18.1 Å². The lowest BCUT2D eigenvalue weighted by atomic mass is 9.82. The van der Waals surface area contributed by atoms with Crippen molar-refractivity contribution < 1.29 is 18.7 Å². The Labute approximate surface area is 892 Å². The Balaban J connectivity index is 1.19. The highest BCUT2D eigenvalue weighted by Gasteiger charge is 2.38. The van der Waals surface area contributed by atoms with Gasteiger partial charge in [0.25, 0.3) is 0 Å². The highest BCUT2D eigenvalue weighted by molar-refractivity contribution is 6.74. The Morgan fingerprint density at radius 3 is 0.714 bits per heavy atom. The fraction of sp³-hybridized carbons (Fsp3) is 0.514. The van der Waals surface area contributed by atoms with E-state index in [9.17, 15) is 0 Å². The van der Waals surface area contributed by atoms with E-state index >= 15 is 4.79 Å². The van der Waals surface area contributed by atoms with Gasteiger partial charge in [0, 0.05) is 51.4 Å². The van der Waals surface area contributed by atoms with Gasteiger partial charge in [0.05, 0.1) is 6.61 Å². The molecule has 0 radical (unpaired) electrons. The summed E-state index contributed by atoms with van der Waals surface area (Å²) >= 11 is 0. The first-order valence-electron chi connectivity index (χ1n) is 60.0. The minimum atomic E-state index is -2.45. The summed E-state index contributed by atoms with van der Waals surface area (Å²) in [4.78, 5) is 15.5. The first-order chi connectivity index (χ1) is 71.3. The highest BCUT2D eigenvalue weighted by atomic mass is 28.4. The molecule has 0 aliphatic rings. The number of ether oxygens (including phenoxy) is 2. The molecule has 147 heavy (non-hydrogen) atoms. The predicted molar refractivity (Wildman–Crippen MR) is 648 cm³/mol. The van der Waals surface area contributed by atoms with Crippen molar-refractivity contribution in [3.8, 4) is 56.0 Å². The van der Waals surface area contributed by atoms with Gasteiger partial charge >= 0.3 is 5.97 Å². The van der Waals surface area contributed by atoms with Gasteiger partial charge in [-0.3, -0.25) is 4.79 Å². The van der Waals surface area contributed by atoms with Gasteiger partial charge in [0.15, 0.2) is 8.32 Å². The van der Waals surface area contributed by atoms with Crippen molar-refractivity contribution in [3.05, 3.63) is 250 Å². The number of rotatable bonds is 59. The Kier molecular flexibility index (Phi) is 42.0. The SMILES string of the molecule is CCCCC(CC)Cc1ccc2c(-c3cc(CO[Si](C)(C)C(C)(C)C)cc(-c4c5ccc(CC(CC)CCCC)cc5cc5c(CC(CC)CCCC)cccc45)c3OCc3cc(-c4c5ccc(CC(CC)CCCC)cc5cc5c(CC(CC)CCCC)cccc45)c(OC(C)=O)c(-c4c5ccc(CC(CC)CCCC)cc5cc5c(CC(CC)CCCC)cccc45)c3)c3cccc(CC(CC)CCCC)c3cc2c1. The van der Waals surface area contributed by atoms with Crippen LogP contribution < -0.4 is 9.47 Å². The number of carbonyl (C=O) groups is 1. The minimum Gasteiger partial charge on any atom is -0.488 e. The maximum Gasteiger partial charge on any atom is 0.308 e. The number of benzene rings is 14. The first kappa shape index (κ1) is 113. The molecule has 0 saturated carbocycles. The molecule has 0 bridgehead atoms. The molecule has 0 heterocycles. The summed E-state index contributed by atoms with van der Waals surface area (Å²) in [5, 5.41) is 19.8. The van der Waals surface area contributed by atoms with Gasteiger partial charge in [-0.25, -0.2) is 0 Å². The maximum atomic E-state index is 15.5. The Hall–Kier alpha value is -9.39. The summed E-state index contributed by atoms with van der Waals surface area (Å²) in [5.74, 6) is 5.54. The fourth-order valence-electron chi connectivity index (χ4n) is 24.9. The summed E-state index contributed by atoms with van der Waals surface area (Å²) in [7, 11) is -2.45. The van der Waals surface area contributed by atoms with Crippen molar-refractivity contribution in [3.63, 3.8) is 0 Å². The molecule has 8 atom stereocenters. The van der Waals surface area contributed by atoms with Crippen LogP contribution in [0.25, 0.3) is 131 Å². The maximum absolute atomic E-state index is 15.5. The van der Waals surface area contributed by atoms with Gasteiger partial charge in [-0.15, -0.1) is 0 Å².